The number of hydrogen-bond acceptors (Lipinski definition) is 4. The van der Waals surface area contributed by atoms with Gasteiger partial charge in [0.2, 0.25) is 0 Å². The van der Waals surface area contributed by atoms with Gasteiger partial charge in [0.25, 0.3) is 0 Å². The van der Waals surface area contributed by atoms with E-state index in [1.54, 1.807) is 7.11 Å². The van der Waals surface area contributed by atoms with Crippen molar-refractivity contribution in [1.82, 2.24) is 0 Å². The first-order valence-electron chi connectivity index (χ1n) is 6.71. The minimum absolute atomic E-state index is 0.0289. The second kappa shape index (κ2) is 9.65. The molecule has 9 heteroatoms. The molecule has 0 fully saturated rings. The smallest absolute Gasteiger partial charge is 0.491 e. The summed E-state index contributed by atoms with van der Waals surface area (Å²) in [5.74, 6) is -1.31. The van der Waals surface area contributed by atoms with Crippen LogP contribution in [0.5, 0.6) is 5.75 Å². The lowest BCUT2D eigenvalue weighted by Crippen LogP contribution is -2.36. The molecular weight excluding hydrogens is 307 g/mol. The molecule has 0 spiro atoms. The van der Waals surface area contributed by atoms with Crippen LogP contribution in [-0.4, -0.2) is 53.7 Å². The highest BCUT2D eigenvalue weighted by Gasteiger charge is 2.28. The molecule has 1 aromatic carbocycles. The molecule has 0 aromatic heterocycles. The molecule has 126 valence electrons. The standard InChI is InChI=1S/C13H18BF4O4/c1-19-4-5-20-6-7-21-8-9-22-11-2-3-12(13(15)10-11)14(16,17)18/h2-3,10H,4-9H2,1H3/q-1. The third kappa shape index (κ3) is 7.10. The van der Waals surface area contributed by atoms with E-state index >= 15 is 0 Å². The van der Waals surface area contributed by atoms with Gasteiger partial charge < -0.3 is 31.9 Å². The summed E-state index contributed by atoms with van der Waals surface area (Å²) in [6.07, 6.45) is 0. The molecule has 0 bridgehead atoms. The maximum Gasteiger partial charge on any atom is 0.512 e. The summed E-state index contributed by atoms with van der Waals surface area (Å²) in [7, 11) is 1.57. The lowest BCUT2D eigenvalue weighted by molar-refractivity contribution is 0.0179. The lowest BCUT2D eigenvalue weighted by atomic mass is 9.80. The van der Waals surface area contributed by atoms with Crippen LogP contribution in [0.15, 0.2) is 18.2 Å². The maximum atomic E-state index is 13.3. The Labute approximate surface area is 126 Å². The van der Waals surface area contributed by atoms with E-state index in [-0.39, 0.29) is 19.0 Å². The average Bonchev–Trinajstić information content (AvgIpc) is 2.44. The molecule has 0 heterocycles. The summed E-state index contributed by atoms with van der Waals surface area (Å²) < 4.78 is 70.8. The quantitative estimate of drug-likeness (QED) is 0.354. The summed E-state index contributed by atoms with van der Waals surface area (Å²) in [6, 6.07) is 2.48. The molecule has 1 aromatic rings. The van der Waals surface area contributed by atoms with Crippen molar-refractivity contribution in [2.24, 2.45) is 0 Å². The van der Waals surface area contributed by atoms with Gasteiger partial charge in [0.15, 0.2) is 0 Å². The minimum Gasteiger partial charge on any atom is -0.491 e. The first-order chi connectivity index (χ1) is 10.4. The molecule has 22 heavy (non-hydrogen) atoms. The molecule has 0 N–H and O–H groups in total. The van der Waals surface area contributed by atoms with Gasteiger partial charge >= 0.3 is 6.98 Å². The van der Waals surface area contributed by atoms with E-state index in [0.29, 0.717) is 32.5 Å². The summed E-state index contributed by atoms with van der Waals surface area (Å²) in [5, 5.41) is 0. The van der Waals surface area contributed by atoms with Gasteiger partial charge in [-0.1, -0.05) is 11.5 Å². The molecule has 0 aliphatic heterocycles. The zero-order chi connectivity index (χ0) is 16.4. The summed E-state index contributed by atoms with van der Waals surface area (Å²) in [6.45, 7) is -3.29. The maximum absolute atomic E-state index is 13.3. The Kier molecular flexibility index (Phi) is 8.22. The molecular formula is C13H18BF4O4-. The van der Waals surface area contributed by atoms with Crippen molar-refractivity contribution in [2.75, 3.05) is 46.8 Å². The van der Waals surface area contributed by atoms with Gasteiger partial charge in [-0.15, -0.1) is 0 Å². The predicted molar refractivity (Wildman–Crippen MR) is 74.1 cm³/mol. The Balaban J connectivity index is 2.19. The van der Waals surface area contributed by atoms with E-state index in [2.05, 4.69) is 0 Å². The van der Waals surface area contributed by atoms with Crippen LogP contribution >= 0.6 is 0 Å². The molecule has 0 radical (unpaired) electrons. The first kappa shape index (κ1) is 18.7. The van der Waals surface area contributed by atoms with Crippen LogP contribution in [0.25, 0.3) is 0 Å². The van der Waals surface area contributed by atoms with Gasteiger partial charge in [-0.2, -0.15) is 0 Å². The van der Waals surface area contributed by atoms with E-state index in [4.69, 9.17) is 18.9 Å². The van der Waals surface area contributed by atoms with Crippen molar-refractivity contribution in [3.63, 3.8) is 0 Å². The van der Waals surface area contributed by atoms with E-state index in [0.717, 1.165) is 12.1 Å². The van der Waals surface area contributed by atoms with Gasteiger partial charge in [-0.05, 0) is 6.07 Å². The van der Waals surface area contributed by atoms with E-state index in [9.17, 15) is 17.3 Å². The Morgan fingerprint density at radius 2 is 1.50 bits per heavy atom. The van der Waals surface area contributed by atoms with Crippen molar-refractivity contribution in [2.45, 2.75) is 0 Å². The highest BCUT2D eigenvalue weighted by atomic mass is 19.4. The van der Waals surface area contributed by atoms with Crippen molar-refractivity contribution >= 4 is 12.4 Å². The van der Waals surface area contributed by atoms with Crippen LogP contribution < -0.4 is 10.2 Å². The number of rotatable bonds is 11. The molecule has 0 saturated heterocycles. The van der Waals surface area contributed by atoms with Crippen LogP contribution in [0.4, 0.5) is 17.3 Å². The second-order valence-corrected chi connectivity index (χ2v) is 4.32. The SMILES string of the molecule is COCCOCCOCCOc1ccc([B-](F)(F)F)c(F)c1. The zero-order valence-electron chi connectivity index (χ0n) is 12.2. The van der Waals surface area contributed by atoms with Crippen molar-refractivity contribution < 1.29 is 36.3 Å². The normalized spacial score (nSPS) is 11.7. The molecule has 0 amide bonds. The van der Waals surface area contributed by atoms with Crippen molar-refractivity contribution in [3.05, 3.63) is 24.0 Å². The van der Waals surface area contributed by atoms with Crippen molar-refractivity contribution in [3.8, 4) is 5.75 Å². The molecule has 0 unspecified atom stereocenters. The Hall–Kier alpha value is -1.32. The van der Waals surface area contributed by atoms with E-state index < -0.39 is 18.3 Å². The number of methoxy groups -OCH3 is 1. The Bertz CT molecular complexity index is 443. The fraction of sp³-hybridized carbons (Fsp3) is 0.538. The summed E-state index contributed by atoms with van der Waals surface area (Å²) >= 11 is 0. The Morgan fingerprint density at radius 1 is 0.909 bits per heavy atom. The topological polar surface area (TPSA) is 36.9 Å². The highest BCUT2D eigenvalue weighted by molar-refractivity contribution is 6.73. The highest BCUT2D eigenvalue weighted by Crippen LogP contribution is 2.16. The third-order valence-corrected chi connectivity index (χ3v) is 2.62. The number of benzene rings is 1. The van der Waals surface area contributed by atoms with E-state index in [1.807, 2.05) is 0 Å². The van der Waals surface area contributed by atoms with Crippen LogP contribution in [0.2, 0.25) is 0 Å². The Morgan fingerprint density at radius 3 is 2.05 bits per heavy atom. The fourth-order valence-electron chi connectivity index (χ4n) is 1.55. The zero-order valence-corrected chi connectivity index (χ0v) is 12.2. The van der Waals surface area contributed by atoms with Crippen LogP contribution in [0, 0.1) is 5.82 Å². The summed E-state index contributed by atoms with van der Waals surface area (Å²) in [5.41, 5.74) is -1.25. The van der Waals surface area contributed by atoms with Crippen molar-refractivity contribution in [1.29, 1.82) is 0 Å². The molecule has 0 atom stereocenters. The predicted octanol–water partition coefficient (Wildman–Crippen LogP) is 1.94. The number of hydrogen-bond donors (Lipinski definition) is 0. The second-order valence-electron chi connectivity index (χ2n) is 4.32. The van der Waals surface area contributed by atoms with Gasteiger partial charge in [-0.25, -0.2) is 4.39 Å². The molecule has 1 rings (SSSR count). The monoisotopic (exact) mass is 325 g/mol. The molecule has 0 saturated carbocycles. The van der Waals surface area contributed by atoms with Crippen LogP contribution in [0.1, 0.15) is 0 Å². The minimum atomic E-state index is -5.36. The third-order valence-electron chi connectivity index (χ3n) is 2.62. The molecule has 0 aliphatic rings. The number of ether oxygens (including phenoxy) is 4. The molecule has 4 nitrogen and oxygen atoms in total. The number of halogens is 4. The first-order valence-corrected chi connectivity index (χ1v) is 6.71. The summed E-state index contributed by atoms with van der Waals surface area (Å²) in [4.78, 5) is 0. The van der Waals surface area contributed by atoms with Crippen LogP contribution in [-0.2, 0) is 14.2 Å². The van der Waals surface area contributed by atoms with Gasteiger partial charge in [0.05, 0.1) is 38.9 Å². The van der Waals surface area contributed by atoms with Crippen LogP contribution in [0.3, 0.4) is 0 Å². The van der Waals surface area contributed by atoms with Gasteiger partial charge in [0, 0.05) is 13.2 Å². The fourth-order valence-corrected chi connectivity index (χ4v) is 1.55. The lowest BCUT2D eigenvalue weighted by Gasteiger charge is -2.16. The van der Waals surface area contributed by atoms with E-state index in [1.165, 1.54) is 0 Å². The largest absolute Gasteiger partial charge is 0.512 e. The average molecular weight is 325 g/mol. The molecule has 0 aliphatic carbocycles. The van der Waals surface area contributed by atoms with Gasteiger partial charge in [0.1, 0.15) is 12.4 Å². The van der Waals surface area contributed by atoms with Gasteiger partial charge in [-0.3, -0.25) is 0 Å².